The maximum Gasteiger partial charge on any atom is 0.284 e. The van der Waals surface area contributed by atoms with Crippen molar-refractivity contribution in [2.45, 2.75) is 20.3 Å². The number of rotatable bonds is 6. The summed E-state index contributed by atoms with van der Waals surface area (Å²) in [7, 11) is 0. The first-order chi connectivity index (χ1) is 9.63. The van der Waals surface area contributed by atoms with Crippen molar-refractivity contribution < 1.29 is 9.34 Å². The quantitative estimate of drug-likeness (QED) is 0.493. The van der Waals surface area contributed by atoms with E-state index in [0.29, 0.717) is 23.4 Å². The summed E-state index contributed by atoms with van der Waals surface area (Å²) in [4.78, 5) is 10.7. The second kappa shape index (κ2) is 6.25. The van der Waals surface area contributed by atoms with Crippen LogP contribution >= 0.6 is 0 Å². The summed E-state index contributed by atoms with van der Waals surface area (Å²) in [5.41, 5.74) is 0.937. The Bertz CT molecular complexity index is 609. The lowest BCUT2D eigenvalue weighted by molar-refractivity contribution is -0.384. The zero-order chi connectivity index (χ0) is 14.5. The number of benzene rings is 1. The molecule has 1 aromatic heterocycles. The normalized spacial score (nSPS) is 10.7. The molecule has 0 radical (unpaired) electrons. The topological polar surface area (TPSA) is 94.1 Å². The average Bonchev–Trinajstić information content (AvgIpc) is 2.87. The first-order valence-electron chi connectivity index (χ1n) is 6.41. The van der Waals surface area contributed by atoms with Crippen molar-refractivity contribution in [1.82, 2.24) is 15.5 Å². The van der Waals surface area contributed by atoms with Gasteiger partial charge in [0.05, 0.1) is 4.92 Å². The van der Waals surface area contributed by atoms with Crippen LogP contribution in [0.1, 0.15) is 18.4 Å². The van der Waals surface area contributed by atoms with Crippen molar-refractivity contribution >= 4 is 5.69 Å². The standard InChI is InChI=1S/C13H16N4O3/c1-3-14-8-7-11-15-16-13(20-11)10-6-4-5-9(2)12(10)17(18)19/h4-6,14H,3,7-8H2,1-2H3. The Morgan fingerprint density at radius 3 is 2.90 bits per heavy atom. The molecule has 7 nitrogen and oxygen atoms in total. The fraction of sp³-hybridized carbons (Fsp3) is 0.385. The molecule has 0 amide bonds. The summed E-state index contributed by atoms with van der Waals surface area (Å²) < 4.78 is 5.50. The van der Waals surface area contributed by atoms with E-state index >= 15 is 0 Å². The minimum absolute atomic E-state index is 0.00869. The Morgan fingerprint density at radius 2 is 2.20 bits per heavy atom. The molecule has 0 aliphatic heterocycles. The van der Waals surface area contributed by atoms with Gasteiger partial charge in [-0.3, -0.25) is 10.1 Å². The minimum atomic E-state index is -0.423. The lowest BCUT2D eigenvalue weighted by Gasteiger charge is -2.01. The van der Waals surface area contributed by atoms with Gasteiger partial charge in [0.2, 0.25) is 5.89 Å². The lowest BCUT2D eigenvalue weighted by Crippen LogP contribution is -2.16. The average molecular weight is 276 g/mol. The highest BCUT2D eigenvalue weighted by molar-refractivity contribution is 5.69. The number of hydrogen-bond donors (Lipinski definition) is 1. The van der Waals surface area contributed by atoms with Crippen molar-refractivity contribution in [1.29, 1.82) is 0 Å². The summed E-state index contributed by atoms with van der Waals surface area (Å²) in [6.07, 6.45) is 0.598. The lowest BCUT2D eigenvalue weighted by atomic mass is 10.1. The van der Waals surface area contributed by atoms with Crippen LogP contribution in [0.25, 0.3) is 11.5 Å². The predicted molar refractivity (Wildman–Crippen MR) is 73.4 cm³/mol. The van der Waals surface area contributed by atoms with Gasteiger partial charge in [-0.05, 0) is 19.5 Å². The van der Waals surface area contributed by atoms with Crippen molar-refractivity contribution in [3.05, 3.63) is 39.8 Å². The molecular formula is C13H16N4O3. The molecule has 106 valence electrons. The van der Waals surface area contributed by atoms with Crippen LogP contribution in [0.4, 0.5) is 5.69 Å². The van der Waals surface area contributed by atoms with Gasteiger partial charge in [-0.1, -0.05) is 19.1 Å². The molecule has 0 fully saturated rings. The van der Waals surface area contributed by atoms with Gasteiger partial charge in [0, 0.05) is 18.5 Å². The van der Waals surface area contributed by atoms with Crippen LogP contribution in [0.2, 0.25) is 0 Å². The van der Waals surface area contributed by atoms with Crippen LogP contribution in [0, 0.1) is 17.0 Å². The first kappa shape index (κ1) is 14.1. The van der Waals surface area contributed by atoms with Gasteiger partial charge in [-0.25, -0.2) is 0 Å². The molecule has 7 heteroatoms. The van der Waals surface area contributed by atoms with E-state index in [-0.39, 0.29) is 11.6 Å². The van der Waals surface area contributed by atoms with Gasteiger partial charge in [0.25, 0.3) is 11.6 Å². The molecule has 20 heavy (non-hydrogen) atoms. The maximum absolute atomic E-state index is 11.1. The monoisotopic (exact) mass is 276 g/mol. The fourth-order valence-corrected chi connectivity index (χ4v) is 1.91. The largest absolute Gasteiger partial charge is 0.420 e. The van der Waals surface area contributed by atoms with Crippen LogP contribution in [-0.4, -0.2) is 28.2 Å². The smallest absolute Gasteiger partial charge is 0.284 e. The molecule has 1 aromatic carbocycles. The zero-order valence-electron chi connectivity index (χ0n) is 11.4. The van der Waals surface area contributed by atoms with Crippen LogP contribution in [-0.2, 0) is 6.42 Å². The molecule has 0 spiro atoms. The van der Waals surface area contributed by atoms with Crippen LogP contribution < -0.4 is 5.32 Å². The molecule has 0 unspecified atom stereocenters. The van der Waals surface area contributed by atoms with Crippen LogP contribution in [0.3, 0.4) is 0 Å². The van der Waals surface area contributed by atoms with Crippen LogP contribution in [0.5, 0.6) is 0 Å². The number of nitrogens with zero attached hydrogens (tertiary/aromatic N) is 3. The second-order valence-corrected chi connectivity index (χ2v) is 4.33. The Balaban J connectivity index is 2.28. The van der Waals surface area contributed by atoms with E-state index in [1.807, 2.05) is 6.92 Å². The molecule has 0 atom stereocenters. The van der Waals surface area contributed by atoms with Gasteiger partial charge in [-0.15, -0.1) is 10.2 Å². The SMILES string of the molecule is CCNCCc1nnc(-c2cccc(C)c2[N+](=O)[O-])o1. The molecule has 1 heterocycles. The van der Waals surface area contributed by atoms with Crippen molar-refractivity contribution in [3.63, 3.8) is 0 Å². The highest BCUT2D eigenvalue weighted by atomic mass is 16.6. The van der Waals surface area contributed by atoms with E-state index in [9.17, 15) is 10.1 Å². The molecule has 0 aliphatic rings. The third-order valence-corrected chi connectivity index (χ3v) is 2.88. The number of aryl methyl sites for hydroxylation is 1. The molecule has 0 bridgehead atoms. The second-order valence-electron chi connectivity index (χ2n) is 4.33. The van der Waals surface area contributed by atoms with Gasteiger partial charge >= 0.3 is 0 Å². The predicted octanol–water partition coefficient (Wildman–Crippen LogP) is 2.11. The van der Waals surface area contributed by atoms with Gasteiger partial charge in [-0.2, -0.15) is 0 Å². The Labute approximate surface area is 116 Å². The number of nitrogens with one attached hydrogen (secondary N) is 1. The zero-order valence-corrected chi connectivity index (χ0v) is 11.4. The molecule has 0 aliphatic carbocycles. The number of nitro benzene ring substituents is 1. The number of para-hydroxylation sites is 1. The summed E-state index contributed by atoms with van der Waals surface area (Å²) in [6.45, 7) is 5.29. The van der Waals surface area contributed by atoms with E-state index in [1.54, 1.807) is 25.1 Å². The number of likely N-dealkylation sites (N-methyl/N-ethyl adjacent to an activating group) is 1. The summed E-state index contributed by atoms with van der Waals surface area (Å²) in [6, 6.07) is 5.04. The van der Waals surface area contributed by atoms with Gasteiger partial charge < -0.3 is 9.73 Å². The van der Waals surface area contributed by atoms with E-state index < -0.39 is 4.92 Å². The number of hydrogen-bond acceptors (Lipinski definition) is 6. The van der Waals surface area contributed by atoms with Gasteiger partial charge in [0.1, 0.15) is 5.56 Å². The Morgan fingerprint density at radius 1 is 1.40 bits per heavy atom. The summed E-state index contributed by atoms with van der Waals surface area (Å²) in [5, 5.41) is 22.1. The third kappa shape index (κ3) is 3.00. The number of nitro groups is 1. The molecule has 2 aromatic rings. The highest BCUT2D eigenvalue weighted by Gasteiger charge is 2.22. The fourth-order valence-electron chi connectivity index (χ4n) is 1.91. The minimum Gasteiger partial charge on any atom is -0.420 e. The summed E-state index contributed by atoms with van der Waals surface area (Å²) in [5.74, 6) is 0.656. The molecule has 2 rings (SSSR count). The van der Waals surface area contributed by atoms with E-state index in [1.165, 1.54) is 0 Å². The van der Waals surface area contributed by atoms with Gasteiger partial charge in [0.15, 0.2) is 0 Å². The van der Waals surface area contributed by atoms with Crippen LogP contribution in [0.15, 0.2) is 22.6 Å². The molecular weight excluding hydrogens is 260 g/mol. The van der Waals surface area contributed by atoms with E-state index in [4.69, 9.17) is 4.42 Å². The van der Waals surface area contributed by atoms with E-state index in [2.05, 4.69) is 15.5 Å². The van der Waals surface area contributed by atoms with Crippen molar-refractivity contribution in [2.75, 3.05) is 13.1 Å². The first-order valence-corrected chi connectivity index (χ1v) is 6.41. The number of aromatic nitrogens is 2. The Kier molecular flexibility index (Phi) is 4.41. The third-order valence-electron chi connectivity index (χ3n) is 2.88. The highest BCUT2D eigenvalue weighted by Crippen LogP contribution is 2.31. The van der Waals surface area contributed by atoms with Crippen molar-refractivity contribution in [2.24, 2.45) is 0 Å². The van der Waals surface area contributed by atoms with E-state index in [0.717, 1.165) is 13.1 Å². The molecule has 1 N–H and O–H groups in total. The summed E-state index contributed by atoms with van der Waals surface area (Å²) >= 11 is 0. The Hall–Kier alpha value is -2.28. The van der Waals surface area contributed by atoms with Crippen molar-refractivity contribution in [3.8, 4) is 11.5 Å². The molecule has 0 saturated carbocycles. The maximum atomic E-state index is 11.1. The molecule has 0 saturated heterocycles.